The van der Waals surface area contributed by atoms with Crippen molar-refractivity contribution in [3.05, 3.63) is 23.8 Å². The van der Waals surface area contributed by atoms with Crippen molar-refractivity contribution in [1.82, 2.24) is 15.4 Å². The van der Waals surface area contributed by atoms with Crippen molar-refractivity contribution < 1.29 is 22.8 Å². The summed E-state index contributed by atoms with van der Waals surface area (Å²) in [6.45, 7) is 6.04. The number of nitrogens with zero attached hydrogens (tertiary/aromatic N) is 3. The second-order valence-electron chi connectivity index (χ2n) is 10.4. The number of benzene rings is 1. The summed E-state index contributed by atoms with van der Waals surface area (Å²) < 4.78 is 37.8. The monoisotopic (exact) mass is 490 g/mol. The Kier molecular flexibility index (Phi) is 7.82. The molecule has 0 spiro atoms. The molecule has 0 atom stereocenters. The average molecular weight is 491 g/mol. The molecule has 1 saturated carbocycles. The van der Waals surface area contributed by atoms with E-state index in [1.807, 2.05) is 0 Å². The Morgan fingerprint density at radius 1 is 0.971 bits per heavy atom. The van der Waals surface area contributed by atoms with Crippen LogP contribution >= 0.6 is 0 Å². The minimum atomic E-state index is -0.920. The first-order chi connectivity index (χ1) is 17.0. The summed E-state index contributed by atoms with van der Waals surface area (Å²) in [6.07, 6.45) is 8.34. The lowest BCUT2D eigenvalue weighted by molar-refractivity contribution is -0.123. The summed E-state index contributed by atoms with van der Waals surface area (Å²) in [5, 5.41) is 7.87. The molecule has 1 aliphatic carbocycles. The van der Waals surface area contributed by atoms with Crippen molar-refractivity contribution in [3.63, 3.8) is 0 Å². The van der Waals surface area contributed by atoms with E-state index in [1.165, 1.54) is 25.3 Å². The molecule has 1 amide bonds. The Morgan fingerprint density at radius 3 is 2.43 bits per heavy atom. The van der Waals surface area contributed by atoms with Crippen LogP contribution in [0.4, 0.5) is 14.6 Å². The molecule has 1 aromatic carbocycles. The summed E-state index contributed by atoms with van der Waals surface area (Å²) in [7, 11) is 0. The number of piperazine rings is 1. The highest BCUT2D eigenvalue weighted by Gasteiger charge is 2.26. The molecule has 2 aliphatic heterocycles. The molecule has 3 fully saturated rings. The van der Waals surface area contributed by atoms with Crippen LogP contribution in [0.3, 0.4) is 0 Å². The van der Waals surface area contributed by atoms with E-state index in [-0.39, 0.29) is 11.5 Å². The van der Waals surface area contributed by atoms with E-state index in [2.05, 4.69) is 20.3 Å². The number of hydrogen-bond donors (Lipinski definition) is 1. The van der Waals surface area contributed by atoms with Gasteiger partial charge in [0.25, 0.3) is 0 Å². The van der Waals surface area contributed by atoms with Crippen molar-refractivity contribution in [3.8, 4) is 0 Å². The summed E-state index contributed by atoms with van der Waals surface area (Å²) in [5.41, 5.74) is 0.275. The van der Waals surface area contributed by atoms with Crippen molar-refractivity contribution in [2.45, 2.75) is 57.4 Å². The molecule has 0 bridgehead atoms. The van der Waals surface area contributed by atoms with Gasteiger partial charge in [0.05, 0.1) is 5.39 Å². The molecule has 1 aromatic heterocycles. The number of amides is 1. The topological polar surface area (TPSA) is 70.8 Å². The van der Waals surface area contributed by atoms with Crippen molar-refractivity contribution >= 4 is 22.7 Å². The molecule has 1 N–H and O–H groups in total. The number of carbonyl (C=O) groups is 1. The van der Waals surface area contributed by atoms with Crippen molar-refractivity contribution in [2.75, 3.05) is 50.8 Å². The van der Waals surface area contributed by atoms with Gasteiger partial charge in [-0.2, -0.15) is 0 Å². The molecule has 0 radical (unpaired) electrons. The Morgan fingerprint density at radius 2 is 1.69 bits per heavy atom. The average Bonchev–Trinajstić information content (AvgIpc) is 3.27. The Labute approximate surface area is 205 Å². The fourth-order valence-corrected chi connectivity index (χ4v) is 5.79. The second kappa shape index (κ2) is 11.2. The fraction of sp³-hybridized carbons (Fsp3) is 0.692. The minimum Gasteiger partial charge on any atom is -0.381 e. The van der Waals surface area contributed by atoms with E-state index in [0.717, 1.165) is 77.7 Å². The van der Waals surface area contributed by atoms with E-state index in [9.17, 15) is 13.6 Å². The predicted molar refractivity (Wildman–Crippen MR) is 129 cm³/mol. The number of aromatic nitrogens is 1. The smallest absolute Gasteiger partial charge is 0.220 e. The number of fused-ring (bicyclic) bond motifs is 1. The Hall–Kier alpha value is -2.26. The van der Waals surface area contributed by atoms with Crippen LogP contribution < -0.4 is 10.2 Å². The van der Waals surface area contributed by atoms with Gasteiger partial charge in [-0.3, -0.25) is 9.69 Å². The summed E-state index contributed by atoms with van der Waals surface area (Å²) in [5.74, 6) is 0.203. The van der Waals surface area contributed by atoms with Gasteiger partial charge >= 0.3 is 0 Å². The van der Waals surface area contributed by atoms with Crippen LogP contribution in [0.5, 0.6) is 0 Å². The summed E-state index contributed by atoms with van der Waals surface area (Å²) >= 11 is 0. The largest absolute Gasteiger partial charge is 0.381 e. The third kappa shape index (κ3) is 6.12. The predicted octanol–water partition coefficient (Wildman–Crippen LogP) is 4.11. The van der Waals surface area contributed by atoms with Crippen LogP contribution in [0, 0.1) is 23.5 Å². The highest BCUT2D eigenvalue weighted by atomic mass is 19.2. The number of anilines is 1. The van der Waals surface area contributed by atoms with E-state index >= 15 is 0 Å². The van der Waals surface area contributed by atoms with Gasteiger partial charge in [0, 0.05) is 57.9 Å². The van der Waals surface area contributed by atoms with E-state index < -0.39 is 11.6 Å². The van der Waals surface area contributed by atoms with Gasteiger partial charge in [-0.25, -0.2) is 8.78 Å². The SMILES string of the molecule is O=C(CC1CCOCC1)NC1CCC(CCN2CCN(c3noc4cc(F)c(F)cc34)CC2)CC1. The molecule has 192 valence electrons. The summed E-state index contributed by atoms with van der Waals surface area (Å²) in [6, 6.07) is 2.56. The molecule has 7 nitrogen and oxygen atoms in total. The molecule has 2 saturated heterocycles. The third-order valence-corrected chi connectivity index (χ3v) is 8.05. The van der Waals surface area contributed by atoms with E-state index in [1.54, 1.807) is 0 Å². The molecular formula is C26H36F2N4O3. The molecular weight excluding hydrogens is 454 g/mol. The van der Waals surface area contributed by atoms with Crippen molar-refractivity contribution in [1.29, 1.82) is 0 Å². The van der Waals surface area contributed by atoms with Gasteiger partial charge in [-0.1, -0.05) is 5.16 Å². The molecule has 2 aromatic rings. The quantitative estimate of drug-likeness (QED) is 0.630. The molecule has 3 heterocycles. The minimum absolute atomic E-state index is 0.214. The van der Waals surface area contributed by atoms with Crippen LogP contribution in [0.25, 0.3) is 11.0 Å². The molecule has 0 unspecified atom stereocenters. The van der Waals surface area contributed by atoms with Gasteiger partial charge in [-0.15, -0.1) is 0 Å². The van der Waals surface area contributed by atoms with Gasteiger partial charge in [0.15, 0.2) is 23.0 Å². The zero-order chi connectivity index (χ0) is 24.2. The Bertz CT molecular complexity index is 994. The maximum atomic E-state index is 13.7. The highest BCUT2D eigenvalue weighted by Crippen LogP contribution is 2.30. The maximum Gasteiger partial charge on any atom is 0.220 e. The third-order valence-electron chi connectivity index (χ3n) is 8.05. The zero-order valence-electron chi connectivity index (χ0n) is 20.3. The highest BCUT2D eigenvalue weighted by molar-refractivity contribution is 5.88. The lowest BCUT2D eigenvalue weighted by atomic mass is 9.83. The van der Waals surface area contributed by atoms with Crippen LogP contribution in [0.15, 0.2) is 16.7 Å². The number of ether oxygens (including phenoxy) is 1. The fourth-order valence-electron chi connectivity index (χ4n) is 5.79. The molecule has 5 rings (SSSR count). The molecule has 9 heteroatoms. The van der Waals surface area contributed by atoms with Gasteiger partial charge in [0.2, 0.25) is 5.91 Å². The van der Waals surface area contributed by atoms with Gasteiger partial charge in [0.1, 0.15) is 0 Å². The van der Waals surface area contributed by atoms with Crippen LogP contribution in [0.1, 0.15) is 51.4 Å². The van der Waals surface area contributed by atoms with Gasteiger partial charge in [-0.05, 0) is 69.4 Å². The van der Waals surface area contributed by atoms with E-state index in [4.69, 9.17) is 9.26 Å². The first-order valence-corrected chi connectivity index (χ1v) is 13.1. The first kappa shape index (κ1) is 24.4. The van der Waals surface area contributed by atoms with Crippen LogP contribution in [0.2, 0.25) is 0 Å². The lowest BCUT2D eigenvalue weighted by Crippen LogP contribution is -2.47. The first-order valence-electron chi connectivity index (χ1n) is 13.1. The lowest BCUT2D eigenvalue weighted by Gasteiger charge is -2.36. The Balaban J connectivity index is 1.00. The molecule has 35 heavy (non-hydrogen) atoms. The van der Waals surface area contributed by atoms with Crippen LogP contribution in [-0.2, 0) is 9.53 Å². The normalized spacial score (nSPS) is 24.7. The number of hydrogen-bond acceptors (Lipinski definition) is 6. The summed E-state index contributed by atoms with van der Waals surface area (Å²) in [4.78, 5) is 17.0. The number of halogens is 2. The van der Waals surface area contributed by atoms with Crippen LogP contribution in [-0.4, -0.2) is 67.9 Å². The second-order valence-corrected chi connectivity index (χ2v) is 10.4. The maximum absolute atomic E-state index is 13.7. The van der Waals surface area contributed by atoms with E-state index in [0.29, 0.717) is 35.5 Å². The number of rotatable bonds is 7. The number of carbonyl (C=O) groups excluding carboxylic acids is 1. The standard InChI is InChI=1S/C26H36F2N4O3/c27-22-16-21-24(17-23(22)28)35-30-26(21)32-11-9-31(10-12-32)8-5-18-1-3-20(4-2-18)29-25(33)15-19-6-13-34-14-7-19/h16-20H,1-15H2,(H,29,33). The number of nitrogens with one attached hydrogen (secondary N) is 1. The van der Waals surface area contributed by atoms with Crippen molar-refractivity contribution in [2.24, 2.45) is 11.8 Å². The zero-order valence-corrected chi connectivity index (χ0v) is 20.3. The van der Waals surface area contributed by atoms with Gasteiger partial charge < -0.3 is 19.5 Å². The molecule has 3 aliphatic rings.